The van der Waals surface area contributed by atoms with E-state index in [1.54, 1.807) is 0 Å². The topological polar surface area (TPSA) is 38.7 Å². The number of benzene rings is 7. The van der Waals surface area contributed by atoms with Gasteiger partial charge in [-0.1, -0.05) is 24.3 Å². The molecule has 10 rings (SSSR count). The van der Waals surface area contributed by atoms with Crippen LogP contribution >= 0.6 is 0 Å². The van der Waals surface area contributed by atoms with Gasteiger partial charge < -0.3 is 0 Å². The van der Waals surface area contributed by atoms with Crippen molar-refractivity contribution in [2.75, 3.05) is 0 Å². The van der Waals surface area contributed by atoms with Gasteiger partial charge in [0, 0.05) is 0 Å². The summed E-state index contributed by atoms with van der Waals surface area (Å²) in [6, 6.07) is 50.2. The van der Waals surface area contributed by atoms with Gasteiger partial charge in [-0.2, -0.15) is 0 Å². The van der Waals surface area contributed by atoms with E-state index in [2.05, 4.69) is 135 Å². The van der Waals surface area contributed by atoms with E-state index >= 15 is 0 Å². The van der Waals surface area contributed by atoms with Gasteiger partial charge in [0.25, 0.3) is 0 Å². The van der Waals surface area contributed by atoms with Crippen LogP contribution in [0, 0.1) is 0 Å². The van der Waals surface area contributed by atoms with Crippen LogP contribution in [0.5, 0.6) is 0 Å². The van der Waals surface area contributed by atoms with Crippen molar-refractivity contribution < 1.29 is 0 Å². The fraction of sp³-hybridized carbons (Fsp3) is 0.0682. The second-order valence-electron chi connectivity index (χ2n) is 13.2. The minimum absolute atomic E-state index is 0.119. The molecule has 1 aliphatic rings. The molecule has 0 atom stereocenters. The predicted molar refractivity (Wildman–Crippen MR) is 201 cm³/mol. The predicted octanol–water partition coefficient (Wildman–Crippen LogP) is 10.8. The first-order valence-electron chi connectivity index (χ1n) is 16.4. The number of hydrogen-bond acceptors (Lipinski definition) is 3. The molecule has 2 aromatic heterocycles. The Kier molecular flexibility index (Phi) is 5.94. The van der Waals surface area contributed by atoms with Gasteiger partial charge in [0.1, 0.15) is 0 Å². The molecule has 0 spiro atoms. The molecule has 0 saturated heterocycles. The van der Waals surface area contributed by atoms with Gasteiger partial charge >= 0.3 is 261 Å². The summed E-state index contributed by atoms with van der Waals surface area (Å²) in [6.07, 6.45) is 0. The Balaban J connectivity index is 1.27. The van der Waals surface area contributed by atoms with E-state index in [-0.39, 0.29) is 19.9 Å². The Morgan fingerprint density at radius 2 is 1.15 bits per heavy atom. The normalized spacial score (nSPS) is 13.4. The molecule has 7 aromatic carbocycles. The van der Waals surface area contributed by atoms with Crippen LogP contribution in [-0.2, 0) is 5.41 Å². The molecule has 0 N–H and O–H groups in total. The number of rotatable bonds is 3. The molecular formula is C44H29N3Se. The summed E-state index contributed by atoms with van der Waals surface area (Å²) in [7, 11) is 0. The molecule has 9 aromatic rings. The van der Waals surface area contributed by atoms with E-state index < -0.39 is 0 Å². The molecule has 0 aliphatic heterocycles. The maximum absolute atomic E-state index is 5.32. The Hall–Kier alpha value is -5.41. The van der Waals surface area contributed by atoms with E-state index in [4.69, 9.17) is 15.0 Å². The Morgan fingerprint density at radius 3 is 2.02 bits per heavy atom. The average molecular weight is 679 g/mol. The molecule has 0 fully saturated rings. The van der Waals surface area contributed by atoms with Gasteiger partial charge in [0.2, 0.25) is 0 Å². The molecule has 0 saturated carbocycles. The molecule has 226 valence electrons. The molecule has 0 amide bonds. The molecule has 0 bridgehead atoms. The first-order valence-corrected chi connectivity index (χ1v) is 18.1. The van der Waals surface area contributed by atoms with Gasteiger partial charge in [0.15, 0.2) is 0 Å². The van der Waals surface area contributed by atoms with Gasteiger partial charge in [-0.3, -0.25) is 0 Å². The third-order valence-corrected chi connectivity index (χ3v) is 12.6. The van der Waals surface area contributed by atoms with Crippen LogP contribution in [0.25, 0.3) is 86.1 Å². The van der Waals surface area contributed by atoms with Crippen molar-refractivity contribution in [2.45, 2.75) is 19.3 Å². The van der Waals surface area contributed by atoms with Crippen molar-refractivity contribution in [1.82, 2.24) is 15.0 Å². The van der Waals surface area contributed by atoms with Crippen molar-refractivity contribution in [2.24, 2.45) is 0 Å². The number of hydrogen-bond donors (Lipinski definition) is 0. The van der Waals surface area contributed by atoms with Crippen LogP contribution in [0.3, 0.4) is 0 Å². The number of fused-ring (bicyclic) bond motifs is 10. The van der Waals surface area contributed by atoms with Gasteiger partial charge in [0.05, 0.1) is 0 Å². The Labute approximate surface area is 284 Å². The maximum atomic E-state index is 5.32. The summed E-state index contributed by atoms with van der Waals surface area (Å²) in [6.45, 7) is 4.63. The van der Waals surface area contributed by atoms with Gasteiger partial charge in [-0.15, -0.1) is 0 Å². The second kappa shape index (κ2) is 10.3. The summed E-state index contributed by atoms with van der Waals surface area (Å²) in [5.74, 6) is 2.06. The summed E-state index contributed by atoms with van der Waals surface area (Å²) >= 11 is 0.209. The molecule has 3 nitrogen and oxygen atoms in total. The zero-order valence-electron chi connectivity index (χ0n) is 26.5. The summed E-state index contributed by atoms with van der Waals surface area (Å²) in [5, 5.41) is 7.65. The molecule has 2 heterocycles. The van der Waals surface area contributed by atoms with E-state index in [9.17, 15) is 0 Å². The molecule has 4 heteroatoms. The SMILES string of the molecule is CC1(C)c2ccccc2-c2ccc(-c3nc(-c4ccccc4)nc(-c4cc5c6ccccc6[se]c5c5c4ccc4ccccc45)n3)cc21. The third kappa shape index (κ3) is 4.03. The van der Waals surface area contributed by atoms with Crippen LogP contribution in [0.1, 0.15) is 25.0 Å². The standard InChI is InChI=1S/C44H29N3Se/c1-44(2)36-18-10-8-16-30(36)31-22-21-28(24-37(31)44)42-45-41(27-13-4-3-5-14-27)46-43(47-42)35-25-34-32-17-9-11-19-38(32)48-40(34)39-29-15-7-6-12-26(29)20-23-33(35)39/h3-25H,1-2H3. The molecule has 1 aliphatic carbocycles. The Morgan fingerprint density at radius 1 is 0.458 bits per heavy atom. The van der Waals surface area contributed by atoms with E-state index in [1.807, 2.05) is 18.2 Å². The Bertz CT molecular complexity index is 2760. The van der Waals surface area contributed by atoms with E-state index in [0.717, 1.165) is 16.7 Å². The zero-order valence-corrected chi connectivity index (χ0v) is 28.2. The van der Waals surface area contributed by atoms with Crippen LogP contribution < -0.4 is 0 Å². The first-order chi connectivity index (χ1) is 23.5. The quantitative estimate of drug-likeness (QED) is 0.138. The van der Waals surface area contributed by atoms with E-state index in [0.29, 0.717) is 17.5 Å². The molecule has 48 heavy (non-hydrogen) atoms. The number of aromatic nitrogens is 3. The van der Waals surface area contributed by atoms with Crippen LogP contribution in [0.4, 0.5) is 0 Å². The third-order valence-electron chi connectivity index (χ3n) is 10.1. The zero-order chi connectivity index (χ0) is 32.0. The van der Waals surface area contributed by atoms with Crippen molar-refractivity contribution in [3.63, 3.8) is 0 Å². The minimum atomic E-state index is -0.119. The monoisotopic (exact) mass is 679 g/mol. The number of nitrogens with zero attached hydrogens (tertiary/aromatic N) is 3. The fourth-order valence-corrected chi connectivity index (χ4v) is 10.4. The fourth-order valence-electron chi connectivity index (χ4n) is 7.73. The van der Waals surface area contributed by atoms with Crippen molar-refractivity contribution in [1.29, 1.82) is 0 Å². The van der Waals surface area contributed by atoms with Crippen molar-refractivity contribution in [3.05, 3.63) is 151 Å². The van der Waals surface area contributed by atoms with E-state index in [1.165, 1.54) is 63.1 Å². The van der Waals surface area contributed by atoms with Gasteiger partial charge in [-0.05, 0) is 0 Å². The van der Waals surface area contributed by atoms with Crippen molar-refractivity contribution in [3.8, 4) is 45.3 Å². The van der Waals surface area contributed by atoms with Crippen molar-refractivity contribution >= 4 is 55.3 Å². The second-order valence-corrected chi connectivity index (χ2v) is 15.4. The molecule has 0 radical (unpaired) electrons. The average Bonchev–Trinajstić information content (AvgIpc) is 3.63. The summed E-state index contributed by atoms with van der Waals surface area (Å²) < 4.78 is 2.87. The first kappa shape index (κ1) is 27.7. The summed E-state index contributed by atoms with van der Waals surface area (Å²) in [4.78, 5) is 15.7. The van der Waals surface area contributed by atoms with Crippen LogP contribution in [0.15, 0.2) is 140 Å². The van der Waals surface area contributed by atoms with Crippen LogP contribution in [0.2, 0.25) is 0 Å². The molecular weight excluding hydrogens is 649 g/mol. The van der Waals surface area contributed by atoms with Gasteiger partial charge in [-0.25, -0.2) is 0 Å². The van der Waals surface area contributed by atoms with Crippen LogP contribution in [-0.4, -0.2) is 29.5 Å². The summed E-state index contributed by atoms with van der Waals surface area (Å²) in [5.41, 5.74) is 8.15. The molecule has 0 unspecified atom stereocenters.